The summed E-state index contributed by atoms with van der Waals surface area (Å²) in [6.07, 6.45) is 3.67. The van der Waals surface area contributed by atoms with Crippen LogP contribution in [0.4, 0.5) is 0 Å². The van der Waals surface area contributed by atoms with Gasteiger partial charge in [0.05, 0.1) is 20.3 Å². The molecule has 0 bridgehead atoms. The molecule has 0 fully saturated rings. The van der Waals surface area contributed by atoms with Crippen molar-refractivity contribution in [3.8, 4) is 11.5 Å². The predicted octanol–water partition coefficient (Wildman–Crippen LogP) is 2.28. The van der Waals surface area contributed by atoms with Crippen molar-refractivity contribution in [2.24, 2.45) is 0 Å². The molecule has 0 saturated heterocycles. The fourth-order valence-electron chi connectivity index (χ4n) is 3.81. The minimum absolute atomic E-state index is 0.0907. The largest absolute Gasteiger partial charge is 0.493 e. The molecule has 0 saturated carbocycles. The number of ether oxygens (including phenoxy) is 2. The SMILES string of the molecule is COc1cc2c(cc1OC)C(NC(=O)[C@H](Cc1ccccc1)n1cnnn1)CC2. The van der Waals surface area contributed by atoms with Gasteiger partial charge in [-0.1, -0.05) is 30.3 Å². The summed E-state index contributed by atoms with van der Waals surface area (Å²) >= 11 is 0. The van der Waals surface area contributed by atoms with E-state index < -0.39 is 6.04 Å². The number of amides is 1. The molecule has 8 heteroatoms. The van der Waals surface area contributed by atoms with E-state index in [1.807, 2.05) is 42.5 Å². The molecule has 0 aliphatic heterocycles. The molecule has 0 spiro atoms. The Labute approximate surface area is 168 Å². The van der Waals surface area contributed by atoms with Gasteiger partial charge in [0, 0.05) is 6.42 Å². The molecule has 2 atom stereocenters. The molecule has 1 aliphatic rings. The minimum Gasteiger partial charge on any atom is -0.493 e. The Balaban J connectivity index is 1.56. The Morgan fingerprint density at radius 2 is 1.97 bits per heavy atom. The lowest BCUT2D eigenvalue weighted by Crippen LogP contribution is -2.36. The van der Waals surface area contributed by atoms with Gasteiger partial charge in [-0.3, -0.25) is 4.79 Å². The number of carbonyl (C=O) groups excluding carboxylic acids is 1. The van der Waals surface area contributed by atoms with Crippen LogP contribution in [0.1, 0.15) is 35.2 Å². The molecule has 1 aliphatic carbocycles. The topological polar surface area (TPSA) is 91.2 Å². The predicted molar refractivity (Wildman–Crippen MR) is 106 cm³/mol. The smallest absolute Gasteiger partial charge is 0.245 e. The van der Waals surface area contributed by atoms with Crippen LogP contribution >= 0.6 is 0 Å². The van der Waals surface area contributed by atoms with E-state index in [4.69, 9.17) is 9.47 Å². The molecule has 8 nitrogen and oxygen atoms in total. The summed E-state index contributed by atoms with van der Waals surface area (Å²) in [6, 6.07) is 13.2. The van der Waals surface area contributed by atoms with Crippen LogP contribution < -0.4 is 14.8 Å². The van der Waals surface area contributed by atoms with Gasteiger partial charge in [0.2, 0.25) is 5.91 Å². The summed E-state index contributed by atoms with van der Waals surface area (Å²) in [5.74, 6) is 1.25. The van der Waals surface area contributed by atoms with E-state index in [1.54, 1.807) is 14.2 Å². The van der Waals surface area contributed by atoms with Crippen molar-refractivity contribution >= 4 is 5.91 Å². The number of carbonyl (C=O) groups is 1. The van der Waals surface area contributed by atoms with Crippen molar-refractivity contribution < 1.29 is 14.3 Å². The highest BCUT2D eigenvalue weighted by atomic mass is 16.5. The molecule has 3 aromatic rings. The van der Waals surface area contributed by atoms with Gasteiger partial charge in [-0.15, -0.1) is 5.10 Å². The summed E-state index contributed by atoms with van der Waals surface area (Å²) in [7, 11) is 3.24. The van der Waals surface area contributed by atoms with E-state index in [1.165, 1.54) is 11.0 Å². The van der Waals surface area contributed by atoms with Gasteiger partial charge in [0.25, 0.3) is 0 Å². The first kappa shape index (κ1) is 18.9. The second kappa shape index (κ2) is 8.30. The van der Waals surface area contributed by atoms with E-state index >= 15 is 0 Å². The zero-order chi connectivity index (χ0) is 20.2. The summed E-state index contributed by atoms with van der Waals surface area (Å²) in [4.78, 5) is 13.2. The van der Waals surface area contributed by atoms with Crippen LogP contribution in [0, 0.1) is 0 Å². The molecule has 1 aromatic heterocycles. The summed E-state index contributed by atoms with van der Waals surface area (Å²) in [5.41, 5.74) is 3.27. The maximum Gasteiger partial charge on any atom is 0.245 e. The van der Waals surface area contributed by atoms with Gasteiger partial charge in [-0.2, -0.15) is 0 Å². The molecule has 150 valence electrons. The molecule has 1 heterocycles. The van der Waals surface area contributed by atoms with Crippen molar-refractivity contribution in [2.45, 2.75) is 31.3 Å². The monoisotopic (exact) mass is 393 g/mol. The van der Waals surface area contributed by atoms with Gasteiger partial charge in [-0.25, -0.2) is 4.68 Å². The lowest BCUT2D eigenvalue weighted by Gasteiger charge is -2.21. The van der Waals surface area contributed by atoms with Crippen LogP contribution in [0.25, 0.3) is 0 Å². The second-order valence-corrected chi connectivity index (χ2v) is 7.00. The van der Waals surface area contributed by atoms with Gasteiger partial charge < -0.3 is 14.8 Å². The lowest BCUT2D eigenvalue weighted by atomic mass is 10.0. The van der Waals surface area contributed by atoms with Gasteiger partial charge >= 0.3 is 0 Å². The zero-order valence-corrected chi connectivity index (χ0v) is 16.4. The lowest BCUT2D eigenvalue weighted by molar-refractivity contribution is -0.125. The number of tetrazole rings is 1. The highest BCUT2D eigenvalue weighted by Gasteiger charge is 2.30. The second-order valence-electron chi connectivity index (χ2n) is 7.00. The van der Waals surface area contributed by atoms with Gasteiger partial charge in [0.1, 0.15) is 12.4 Å². The van der Waals surface area contributed by atoms with Crippen LogP contribution in [0.3, 0.4) is 0 Å². The fraction of sp³-hybridized carbons (Fsp3) is 0.333. The number of aromatic nitrogens is 4. The fourth-order valence-corrected chi connectivity index (χ4v) is 3.81. The number of aryl methyl sites for hydroxylation is 1. The van der Waals surface area contributed by atoms with E-state index in [0.717, 1.165) is 29.5 Å². The first-order chi connectivity index (χ1) is 14.2. The number of fused-ring (bicyclic) bond motifs is 1. The maximum atomic E-state index is 13.2. The molecule has 2 aromatic carbocycles. The van der Waals surface area contributed by atoms with Gasteiger partial charge in [-0.05, 0) is 52.1 Å². The van der Waals surface area contributed by atoms with Crippen LogP contribution in [0.2, 0.25) is 0 Å². The normalized spacial score (nSPS) is 16.1. The van der Waals surface area contributed by atoms with E-state index in [9.17, 15) is 4.79 Å². The van der Waals surface area contributed by atoms with E-state index in [-0.39, 0.29) is 11.9 Å². The molecule has 1 amide bonds. The number of nitrogens with one attached hydrogen (secondary N) is 1. The molecule has 4 rings (SSSR count). The average Bonchev–Trinajstić information content (AvgIpc) is 3.42. The van der Waals surface area contributed by atoms with E-state index in [2.05, 4.69) is 20.8 Å². The highest BCUT2D eigenvalue weighted by molar-refractivity contribution is 5.81. The zero-order valence-electron chi connectivity index (χ0n) is 16.4. The number of benzene rings is 2. The summed E-state index contributed by atoms with van der Waals surface area (Å²) in [5, 5.41) is 14.5. The Morgan fingerprint density at radius 3 is 2.66 bits per heavy atom. The van der Waals surface area contributed by atoms with Crippen LogP contribution in [0.15, 0.2) is 48.8 Å². The highest BCUT2D eigenvalue weighted by Crippen LogP contribution is 2.39. The van der Waals surface area contributed by atoms with Crippen molar-refractivity contribution in [3.05, 3.63) is 65.5 Å². The van der Waals surface area contributed by atoms with Gasteiger partial charge in [0.15, 0.2) is 11.5 Å². The Morgan fingerprint density at radius 1 is 1.21 bits per heavy atom. The quantitative estimate of drug-likeness (QED) is 0.662. The molecule has 29 heavy (non-hydrogen) atoms. The van der Waals surface area contributed by atoms with E-state index in [0.29, 0.717) is 17.9 Å². The Bertz CT molecular complexity index is 975. The molecular weight excluding hydrogens is 370 g/mol. The maximum absolute atomic E-state index is 13.2. The third-order valence-corrected chi connectivity index (χ3v) is 5.30. The Kier molecular flexibility index (Phi) is 5.41. The summed E-state index contributed by atoms with van der Waals surface area (Å²) in [6.45, 7) is 0. The number of rotatable bonds is 7. The molecule has 1 N–H and O–H groups in total. The van der Waals surface area contributed by atoms with Crippen molar-refractivity contribution in [1.82, 2.24) is 25.5 Å². The average molecular weight is 393 g/mol. The number of hydrogen-bond donors (Lipinski definition) is 1. The Hall–Kier alpha value is -3.42. The molecule has 0 radical (unpaired) electrons. The minimum atomic E-state index is -0.531. The van der Waals surface area contributed by atoms with Crippen LogP contribution in [0.5, 0.6) is 11.5 Å². The van der Waals surface area contributed by atoms with Crippen LogP contribution in [-0.4, -0.2) is 40.3 Å². The number of methoxy groups -OCH3 is 2. The standard InChI is InChI=1S/C21H23N5O3/c1-28-19-11-15-8-9-17(16(15)12-20(19)29-2)23-21(27)18(26-13-22-24-25-26)10-14-6-4-3-5-7-14/h3-7,11-13,17-18H,8-10H2,1-2H3,(H,23,27)/t17?,18-/m0/s1. The number of nitrogens with zero attached hydrogens (tertiary/aromatic N) is 4. The first-order valence-electron chi connectivity index (χ1n) is 9.51. The van der Waals surface area contributed by atoms with Crippen LogP contribution in [-0.2, 0) is 17.6 Å². The third kappa shape index (κ3) is 3.91. The third-order valence-electron chi connectivity index (χ3n) is 5.30. The van der Waals surface area contributed by atoms with Crippen molar-refractivity contribution in [2.75, 3.05) is 14.2 Å². The molecule has 1 unspecified atom stereocenters. The molecular formula is C21H23N5O3. The van der Waals surface area contributed by atoms with Crippen molar-refractivity contribution in [1.29, 1.82) is 0 Å². The summed E-state index contributed by atoms with van der Waals surface area (Å²) < 4.78 is 12.3. The number of hydrogen-bond acceptors (Lipinski definition) is 6. The van der Waals surface area contributed by atoms with Crippen molar-refractivity contribution in [3.63, 3.8) is 0 Å². The first-order valence-corrected chi connectivity index (χ1v) is 9.51.